The van der Waals surface area contributed by atoms with Gasteiger partial charge in [0.1, 0.15) is 0 Å². The van der Waals surface area contributed by atoms with Crippen LogP contribution in [0.25, 0.3) is 0 Å². The molecule has 0 atom stereocenters. The fourth-order valence-electron chi connectivity index (χ4n) is 1.70. The predicted molar refractivity (Wildman–Crippen MR) is 96.0 cm³/mol. The lowest BCUT2D eigenvalue weighted by molar-refractivity contribution is 0.0956. The van der Waals surface area contributed by atoms with E-state index in [1.54, 1.807) is 29.2 Å². The molecule has 2 rings (SSSR count). The number of carbonyl (C=O) groups is 1. The first-order valence-corrected chi connectivity index (χ1v) is 10.1. The lowest BCUT2D eigenvalue weighted by atomic mass is 10.2. The maximum atomic E-state index is 12.1. The van der Waals surface area contributed by atoms with Crippen molar-refractivity contribution >= 4 is 52.4 Å². The van der Waals surface area contributed by atoms with E-state index in [1.165, 1.54) is 4.88 Å². The normalized spacial score (nSPS) is 10.6. The highest BCUT2D eigenvalue weighted by atomic mass is 35.5. The van der Waals surface area contributed by atoms with Gasteiger partial charge >= 0.3 is 0 Å². The quantitative estimate of drug-likeness (QED) is 0.570. The second kappa shape index (κ2) is 8.73. The van der Waals surface area contributed by atoms with E-state index in [4.69, 9.17) is 11.6 Å². The summed E-state index contributed by atoms with van der Waals surface area (Å²) >= 11 is 11.3. The van der Waals surface area contributed by atoms with Gasteiger partial charge in [0.05, 0.1) is 10.6 Å². The molecular formula is C15H16ClNOS3. The summed E-state index contributed by atoms with van der Waals surface area (Å²) < 4.78 is 0. The summed E-state index contributed by atoms with van der Waals surface area (Å²) in [6.45, 7) is 0.648. The van der Waals surface area contributed by atoms with E-state index in [0.29, 0.717) is 17.1 Å². The van der Waals surface area contributed by atoms with Gasteiger partial charge < -0.3 is 5.32 Å². The van der Waals surface area contributed by atoms with Crippen LogP contribution in [0.4, 0.5) is 0 Å². The third kappa shape index (κ3) is 5.25. The van der Waals surface area contributed by atoms with Crippen LogP contribution < -0.4 is 5.32 Å². The van der Waals surface area contributed by atoms with E-state index in [-0.39, 0.29) is 5.91 Å². The number of hydrogen-bond donors (Lipinski definition) is 1. The molecule has 0 aliphatic heterocycles. The van der Waals surface area contributed by atoms with E-state index in [2.05, 4.69) is 22.8 Å². The number of amides is 1. The van der Waals surface area contributed by atoms with Crippen molar-refractivity contribution in [1.29, 1.82) is 0 Å². The van der Waals surface area contributed by atoms with Gasteiger partial charge in [-0.15, -0.1) is 23.1 Å². The molecule has 0 aliphatic carbocycles. The van der Waals surface area contributed by atoms with Crippen molar-refractivity contribution < 1.29 is 4.79 Å². The van der Waals surface area contributed by atoms with Gasteiger partial charge in [0.15, 0.2) is 0 Å². The molecule has 0 fully saturated rings. The summed E-state index contributed by atoms with van der Waals surface area (Å²) in [7, 11) is 0. The summed E-state index contributed by atoms with van der Waals surface area (Å²) in [6, 6.07) is 9.71. The van der Waals surface area contributed by atoms with E-state index in [1.807, 2.05) is 30.2 Å². The zero-order chi connectivity index (χ0) is 15.1. The second-order valence-electron chi connectivity index (χ2n) is 4.23. The Kier molecular flexibility index (Phi) is 6.96. The van der Waals surface area contributed by atoms with Crippen LogP contribution >= 0.6 is 46.5 Å². The molecule has 1 heterocycles. The highest BCUT2D eigenvalue weighted by Gasteiger charge is 2.10. The number of hydrogen-bond acceptors (Lipinski definition) is 4. The van der Waals surface area contributed by atoms with Crippen molar-refractivity contribution in [2.45, 2.75) is 10.6 Å². The van der Waals surface area contributed by atoms with Crippen LogP contribution in [-0.4, -0.2) is 24.5 Å². The third-order valence-corrected chi connectivity index (χ3v) is 5.90. The standard InChI is InChI=1S/C15H16ClNOS3/c1-19-11-4-5-14(16)13(9-11)15(18)17-6-8-20-10-12-3-2-7-21-12/h2-5,7,9H,6,8,10H2,1H3,(H,17,18). The van der Waals surface area contributed by atoms with E-state index in [0.717, 1.165) is 16.4 Å². The topological polar surface area (TPSA) is 29.1 Å². The summed E-state index contributed by atoms with van der Waals surface area (Å²) in [5.74, 6) is 1.78. The molecule has 0 saturated carbocycles. The van der Waals surface area contributed by atoms with Gasteiger partial charge in [-0.25, -0.2) is 0 Å². The second-order valence-corrected chi connectivity index (χ2v) is 7.66. The summed E-state index contributed by atoms with van der Waals surface area (Å²) in [6.07, 6.45) is 1.98. The van der Waals surface area contributed by atoms with Crippen LogP contribution in [0, 0.1) is 0 Å². The first kappa shape index (κ1) is 16.7. The van der Waals surface area contributed by atoms with Crippen molar-refractivity contribution in [2.24, 2.45) is 0 Å². The number of benzene rings is 1. The number of rotatable bonds is 7. The minimum absolute atomic E-state index is 0.104. The summed E-state index contributed by atoms with van der Waals surface area (Å²) in [4.78, 5) is 14.5. The Hall–Kier alpha value is -0.620. The largest absolute Gasteiger partial charge is 0.351 e. The molecular weight excluding hydrogens is 342 g/mol. The minimum Gasteiger partial charge on any atom is -0.351 e. The van der Waals surface area contributed by atoms with Crippen LogP contribution in [0.1, 0.15) is 15.2 Å². The molecule has 0 unspecified atom stereocenters. The van der Waals surface area contributed by atoms with E-state index in [9.17, 15) is 4.79 Å². The molecule has 1 amide bonds. The molecule has 0 radical (unpaired) electrons. The third-order valence-electron chi connectivity index (χ3n) is 2.77. The van der Waals surface area contributed by atoms with Crippen molar-refractivity contribution in [3.05, 3.63) is 51.2 Å². The molecule has 2 aromatic rings. The van der Waals surface area contributed by atoms with Gasteiger partial charge in [-0.05, 0) is 35.9 Å². The molecule has 112 valence electrons. The molecule has 1 aromatic carbocycles. The Balaban J connectivity index is 1.76. The Morgan fingerprint density at radius 2 is 2.24 bits per heavy atom. The number of nitrogens with one attached hydrogen (secondary N) is 1. The number of thiophene rings is 1. The SMILES string of the molecule is CSc1ccc(Cl)c(C(=O)NCCSCc2cccs2)c1. The maximum Gasteiger partial charge on any atom is 0.252 e. The van der Waals surface area contributed by atoms with Crippen LogP contribution in [0.2, 0.25) is 5.02 Å². The van der Waals surface area contributed by atoms with Gasteiger partial charge in [0.2, 0.25) is 0 Å². The van der Waals surface area contributed by atoms with Gasteiger partial charge in [-0.1, -0.05) is 17.7 Å². The highest BCUT2D eigenvalue weighted by Crippen LogP contribution is 2.23. The molecule has 0 saturated heterocycles. The van der Waals surface area contributed by atoms with Gasteiger partial charge in [0, 0.05) is 27.8 Å². The van der Waals surface area contributed by atoms with Crippen LogP contribution in [0.5, 0.6) is 0 Å². The first-order chi connectivity index (χ1) is 10.2. The molecule has 0 bridgehead atoms. The maximum absolute atomic E-state index is 12.1. The van der Waals surface area contributed by atoms with Gasteiger partial charge in [-0.3, -0.25) is 4.79 Å². The molecule has 1 aromatic heterocycles. The first-order valence-electron chi connectivity index (χ1n) is 6.42. The molecule has 0 aliphatic rings. The zero-order valence-corrected chi connectivity index (χ0v) is 14.8. The average Bonchev–Trinajstić information content (AvgIpc) is 3.00. The predicted octanol–water partition coefficient (Wildman–Crippen LogP) is 4.79. The molecule has 2 nitrogen and oxygen atoms in total. The Morgan fingerprint density at radius 1 is 1.38 bits per heavy atom. The van der Waals surface area contributed by atoms with E-state index < -0.39 is 0 Å². The Morgan fingerprint density at radius 3 is 2.95 bits per heavy atom. The molecule has 6 heteroatoms. The van der Waals surface area contributed by atoms with Crippen molar-refractivity contribution in [2.75, 3.05) is 18.6 Å². The summed E-state index contributed by atoms with van der Waals surface area (Å²) in [5, 5.41) is 5.50. The van der Waals surface area contributed by atoms with Crippen molar-refractivity contribution in [3.8, 4) is 0 Å². The lowest BCUT2D eigenvalue weighted by Crippen LogP contribution is -2.26. The fraction of sp³-hybridized carbons (Fsp3) is 0.267. The Bertz CT molecular complexity index is 587. The highest BCUT2D eigenvalue weighted by molar-refractivity contribution is 7.98. The fourth-order valence-corrected chi connectivity index (χ4v) is 4.05. The number of thioether (sulfide) groups is 2. The monoisotopic (exact) mass is 357 g/mol. The van der Waals surface area contributed by atoms with Crippen molar-refractivity contribution in [3.63, 3.8) is 0 Å². The van der Waals surface area contributed by atoms with Crippen LogP contribution in [0.15, 0.2) is 40.6 Å². The van der Waals surface area contributed by atoms with Crippen LogP contribution in [0.3, 0.4) is 0 Å². The minimum atomic E-state index is -0.104. The molecule has 1 N–H and O–H groups in total. The van der Waals surface area contributed by atoms with Gasteiger partial charge in [0.25, 0.3) is 5.91 Å². The molecule has 21 heavy (non-hydrogen) atoms. The lowest BCUT2D eigenvalue weighted by Gasteiger charge is -2.08. The Labute approximate surface area is 142 Å². The van der Waals surface area contributed by atoms with Crippen molar-refractivity contribution in [1.82, 2.24) is 5.32 Å². The number of carbonyl (C=O) groups excluding carboxylic acids is 1. The molecule has 0 spiro atoms. The average molecular weight is 358 g/mol. The summed E-state index contributed by atoms with van der Waals surface area (Å²) in [5.41, 5.74) is 0.548. The van der Waals surface area contributed by atoms with E-state index >= 15 is 0 Å². The smallest absolute Gasteiger partial charge is 0.252 e. The number of halogens is 1. The van der Waals surface area contributed by atoms with Crippen LogP contribution in [-0.2, 0) is 5.75 Å². The zero-order valence-electron chi connectivity index (χ0n) is 11.6. The van der Waals surface area contributed by atoms with Gasteiger partial charge in [-0.2, -0.15) is 11.8 Å².